The van der Waals surface area contributed by atoms with Gasteiger partial charge in [-0.2, -0.15) is 0 Å². The smallest absolute Gasteiger partial charge is 0.353 e. The molecule has 0 saturated carbocycles. The van der Waals surface area contributed by atoms with Gasteiger partial charge in [0, 0.05) is 19.4 Å². The predicted molar refractivity (Wildman–Crippen MR) is 83.8 cm³/mol. The predicted octanol–water partition coefficient (Wildman–Crippen LogP) is 1.71. The molecule has 1 aromatic carbocycles. The van der Waals surface area contributed by atoms with E-state index in [2.05, 4.69) is 6.58 Å². The average Bonchev–Trinajstić information content (AvgIpc) is 2.90. The number of ether oxygens (including phenoxy) is 1. The standard InChI is InChI=1S/C17H18N2O4/c1-3-11-18-15(21)12-7-5-6-8-13(12)19-14(20)9-10-17(18,19)16(22)23-4-2/h3,5-8H,1,4,9-11H2,2H3. The molecule has 0 bridgehead atoms. The van der Waals surface area contributed by atoms with E-state index in [1.807, 2.05) is 0 Å². The number of carbonyl (C=O) groups excluding carboxylic acids is 3. The number of nitrogens with zero attached hydrogens (tertiary/aromatic N) is 2. The van der Waals surface area contributed by atoms with Crippen molar-refractivity contribution < 1.29 is 19.1 Å². The fourth-order valence-corrected chi connectivity index (χ4v) is 3.38. The molecule has 120 valence electrons. The van der Waals surface area contributed by atoms with Crippen molar-refractivity contribution >= 4 is 23.5 Å². The van der Waals surface area contributed by atoms with Gasteiger partial charge in [-0.3, -0.25) is 14.5 Å². The summed E-state index contributed by atoms with van der Waals surface area (Å²) in [5.74, 6) is -1.05. The number of benzene rings is 1. The summed E-state index contributed by atoms with van der Waals surface area (Å²) in [4.78, 5) is 41.0. The SMILES string of the molecule is C=CCN1C(=O)c2ccccc2N2C(=O)CCC12C(=O)OCC. The first kappa shape index (κ1) is 15.3. The molecule has 1 unspecified atom stereocenters. The normalized spacial score (nSPS) is 22.7. The Hall–Kier alpha value is -2.63. The second-order valence-electron chi connectivity index (χ2n) is 5.49. The van der Waals surface area contributed by atoms with Crippen LogP contribution < -0.4 is 4.90 Å². The van der Waals surface area contributed by atoms with Crippen molar-refractivity contribution in [2.75, 3.05) is 18.1 Å². The van der Waals surface area contributed by atoms with Gasteiger partial charge in [0.05, 0.1) is 17.9 Å². The molecule has 23 heavy (non-hydrogen) atoms. The van der Waals surface area contributed by atoms with Gasteiger partial charge < -0.3 is 9.64 Å². The third-order valence-electron chi connectivity index (χ3n) is 4.29. The maximum atomic E-state index is 12.9. The van der Waals surface area contributed by atoms with Crippen molar-refractivity contribution in [2.45, 2.75) is 25.4 Å². The highest BCUT2D eigenvalue weighted by Crippen LogP contribution is 2.44. The van der Waals surface area contributed by atoms with Crippen LogP contribution in [0.1, 0.15) is 30.1 Å². The molecule has 2 aliphatic rings. The van der Waals surface area contributed by atoms with Gasteiger partial charge in [-0.25, -0.2) is 4.79 Å². The van der Waals surface area contributed by atoms with Gasteiger partial charge in [0.25, 0.3) is 5.91 Å². The maximum absolute atomic E-state index is 12.9. The van der Waals surface area contributed by atoms with Crippen molar-refractivity contribution in [2.24, 2.45) is 0 Å². The first-order chi connectivity index (χ1) is 11.1. The number of carbonyl (C=O) groups is 3. The second-order valence-corrected chi connectivity index (χ2v) is 5.49. The topological polar surface area (TPSA) is 66.9 Å². The van der Waals surface area contributed by atoms with Crippen molar-refractivity contribution in [3.63, 3.8) is 0 Å². The molecule has 0 aromatic heterocycles. The first-order valence-electron chi connectivity index (χ1n) is 7.60. The second kappa shape index (κ2) is 5.53. The quantitative estimate of drug-likeness (QED) is 0.627. The van der Waals surface area contributed by atoms with E-state index in [4.69, 9.17) is 4.74 Å². The molecule has 2 amide bonds. The van der Waals surface area contributed by atoms with Crippen LogP contribution in [0.25, 0.3) is 0 Å². The molecular weight excluding hydrogens is 296 g/mol. The number of esters is 1. The van der Waals surface area contributed by atoms with Crippen LogP contribution in [0.2, 0.25) is 0 Å². The van der Waals surface area contributed by atoms with E-state index in [-0.39, 0.29) is 37.8 Å². The summed E-state index contributed by atoms with van der Waals surface area (Å²) in [6, 6.07) is 6.83. The minimum Gasteiger partial charge on any atom is -0.463 e. The number of hydrogen-bond acceptors (Lipinski definition) is 4. The van der Waals surface area contributed by atoms with E-state index >= 15 is 0 Å². The molecule has 2 aliphatic heterocycles. The van der Waals surface area contributed by atoms with Crippen LogP contribution in [0.5, 0.6) is 0 Å². The molecule has 1 saturated heterocycles. The Kier molecular flexibility index (Phi) is 3.67. The number of anilines is 1. The Morgan fingerprint density at radius 1 is 1.39 bits per heavy atom. The van der Waals surface area contributed by atoms with Gasteiger partial charge in [0.1, 0.15) is 0 Å². The van der Waals surface area contributed by atoms with Gasteiger partial charge in [0.2, 0.25) is 11.6 Å². The highest BCUT2D eigenvalue weighted by molar-refractivity contribution is 6.15. The Labute approximate surface area is 134 Å². The van der Waals surface area contributed by atoms with Gasteiger partial charge in [-0.15, -0.1) is 6.58 Å². The Bertz CT molecular complexity index is 700. The summed E-state index contributed by atoms with van der Waals surface area (Å²) in [5.41, 5.74) is -0.537. The number of fused-ring (bicyclic) bond motifs is 3. The lowest BCUT2D eigenvalue weighted by Crippen LogP contribution is -2.68. The van der Waals surface area contributed by atoms with Crippen molar-refractivity contribution in [1.29, 1.82) is 0 Å². The zero-order valence-corrected chi connectivity index (χ0v) is 12.9. The molecule has 0 radical (unpaired) electrons. The summed E-state index contributed by atoms with van der Waals surface area (Å²) in [6.45, 7) is 5.71. The zero-order valence-electron chi connectivity index (χ0n) is 12.9. The third kappa shape index (κ3) is 1.98. The van der Waals surface area contributed by atoms with Gasteiger partial charge in [-0.05, 0) is 19.1 Å². The van der Waals surface area contributed by atoms with Crippen LogP contribution in [0.3, 0.4) is 0 Å². The monoisotopic (exact) mass is 314 g/mol. The van der Waals surface area contributed by atoms with E-state index in [0.717, 1.165) is 0 Å². The molecule has 1 fully saturated rings. The molecule has 1 atom stereocenters. The molecule has 2 heterocycles. The van der Waals surface area contributed by atoms with E-state index in [9.17, 15) is 14.4 Å². The van der Waals surface area contributed by atoms with Crippen LogP contribution in [-0.4, -0.2) is 41.5 Å². The van der Waals surface area contributed by atoms with Gasteiger partial charge >= 0.3 is 5.97 Å². The fourth-order valence-electron chi connectivity index (χ4n) is 3.38. The highest BCUT2D eigenvalue weighted by Gasteiger charge is 2.61. The van der Waals surface area contributed by atoms with Gasteiger partial charge in [-0.1, -0.05) is 18.2 Å². The van der Waals surface area contributed by atoms with E-state index in [0.29, 0.717) is 11.3 Å². The van der Waals surface area contributed by atoms with E-state index in [1.165, 1.54) is 9.80 Å². The highest BCUT2D eigenvalue weighted by atomic mass is 16.5. The summed E-state index contributed by atoms with van der Waals surface area (Å²) in [6.07, 6.45) is 1.96. The van der Waals surface area contributed by atoms with Crippen LogP contribution in [0, 0.1) is 0 Å². The van der Waals surface area contributed by atoms with Gasteiger partial charge in [0.15, 0.2) is 0 Å². The van der Waals surface area contributed by atoms with E-state index in [1.54, 1.807) is 37.3 Å². The number of amides is 2. The van der Waals surface area contributed by atoms with Crippen LogP contribution in [0.15, 0.2) is 36.9 Å². The Morgan fingerprint density at radius 2 is 2.13 bits per heavy atom. The molecule has 6 nitrogen and oxygen atoms in total. The Balaban J connectivity index is 2.24. The van der Waals surface area contributed by atoms with E-state index < -0.39 is 11.6 Å². The van der Waals surface area contributed by atoms with Crippen LogP contribution >= 0.6 is 0 Å². The molecular formula is C17H18N2O4. The number of rotatable bonds is 4. The van der Waals surface area contributed by atoms with Crippen molar-refractivity contribution in [3.05, 3.63) is 42.5 Å². The lowest BCUT2D eigenvalue weighted by atomic mass is 9.96. The zero-order chi connectivity index (χ0) is 16.6. The number of para-hydroxylation sites is 1. The van der Waals surface area contributed by atoms with Crippen molar-refractivity contribution in [3.8, 4) is 0 Å². The molecule has 0 aliphatic carbocycles. The summed E-state index contributed by atoms with van der Waals surface area (Å²) in [7, 11) is 0. The minimum atomic E-state index is -1.41. The van der Waals surface area contributed by atoms with Crippen LogP contribution in [0.4, 0.5) is 5.69 Å². The molecule has 1 aromatic rings. The van der Waals surface area contributed by atoms with Crippen LogP contribution in [-0.2, 0) is 14.3 Å². The largest absolute Gasteiger partial charge is 0.463 e. The Morgan fingerprint density at radius 3 is 2.83 bits per heavy atom. The first-order valence-corrected chi connectivity index (χ1v) is 7.60. The lowest BCUT2D eigenvalue weighted by molar-refractivity contribution is -0.156. The molecule has 3 rings (SSSR count). The third-order valence-corrected chi connectivity index (χ3v) is 4.29. The minimum absolute atomic E-state index is 0.162. The number of hydrogen-bond donors (Lipinski definition) is 0. The lowest BCUT2D eigenvalue weighted by Gasteiger charge is -2.48. The molecule has 6 heteroatoms. The summed E-state index contributed by atoms with van der Waals surface area (Å²) in [5, 5.41) is 0. The molecule has 0 N–H and O–H groups in total. The fraction of sp³-hybridized carbons (Fsp3) is 0.353. The van der Waals surface area contributed by atoms with Crippen molar-refractivity contribution in [1.82, 2.24) is 4.90 Å². The summed E-state index contributed by atoms with van der Waals surface area (Å²) >= 11 is 0. The maximum Gasteiger partial charge on any atom is 0.353 e. The summed E-state index contributed by atoms with van der Waals surface area (Å²) < 4.78 is 5.21. The molecule has 0 spiro atoms. The average molecular weight is 314 g/mol.